The van der Waals surface area contributed by atoms with Gasteiger partial charge in [0, 0.05) is 25.1 Å². The molecule has 2 amide bonds. The summed E-state index contributed by atoms with van der Waals surface area (Å²) in [6.45, 7) is 2.41. The molecule has 3 rings (SSSR count). The van der Waals surface area contributed by atoms with E-state index < -0.39 is 11.2 Å². The standard InChI is InChI=1S/C20H23N5O4S/c1-13(19(27)22-12-14-6-3-4-7-15(14)28-2)30-20-24-23-18(16-8-5-11-29-16)25(20)10-9-17(21)26/h3-8,11,13H,9-10,12H2,1-2H3,(H2,21,26)(H,22,27). The third kappa shape index (κ3) is 5.20. The molecule has 0 aliphatic heterocycles. The van der Waals surface area contributed by atoms with E-state index in [1.54, 1.807) is 30.7 Å². The fourth-order valence-electron chi connectivity index (χ4n) is 2.77. The van der Waals surface area contributed by atoms with Crippen molar-refractivity contribution in [3.63, 3.8) is 0 Å². The van der Waals surface area contributed by atoms with Crippen molar-refractivity contribution in [2.75, 3.05) is 7.11 Å². The zero-order valence-corrected chi connectivity index (χ0v) is 17.5. The Morgan fingerprint density at radius 1 is 1.27 bits per heavy atom. The van der Waals surface area contributed by atoms with Crippen molar-refractivity contribution in [3.8, 4) is 17.3 Å². The molecule has 0 bridgehead atoms. The predicted octanol–water partition coefficient (Wildman–Crippen LogP) is 2.22. The van der Waals surface area contributed by atoms with Crippen LogP contribution in [-0.2, 0) is 22.7 Å². The number of thioether (sulfide) groups is 1. The Morgan fingerprint density at radius 2 is 2.07 bits per heavy atom. The van der Waals surface area contributed by atoms with Gasteiger partial charge in [0.25, 0.3) is 0 Å². The number of hydrogen-bond acceptors (Lipinski definition) is 7. The summed E-state index contributed by atoms with van der Waals surface area (Å²) in [5.41, 5.74) is 6.18. The Morgan fingerprint density at radius 3 is 2.77 bits per heavy atom. The molecule has 0 saturated carbocycles. The Labute approximate surface area is 178 Å². The number of amides is 2. The van der Waals surface area contributed by atoms with Crippen LogP contribution >= 0.6 is 11.8 Å². The number of ether oxygens (including phenoxy) is 1. The second-order valence-electron chi connectivity index (χ2n) is 6.44. The Kier molecular flexibility index (Phi) is 7.12. The molecule has 10 heteroatoms. The van der Waals surface area contributed by atoms with E-state index in [-0.39, 0.29) is 18.9 Å². The van der Waals surface area contributed by atoms with Crippen molar-refractivity contribution in [1.29, 1.82) is 0 Å². The minimum Gasteiger partial charge on any atom is -0.496 e. The topological polar surface area (TPSA) is 125 Å². The number of carbonyl (C=O) groups excluding carboxylic acids is 2. The van der Waals surface area contributed by atoms with Gasteiger partial charge in [-0.05, 0) is 25.1 Å². The lowest BCUT2D eigenvalue weighted by Gasteiger charge is -2.14. The minimum absolute atomic E-state index is 0.119. The highest BCUT2D eigenvalue weighted by atomic mass is 32.2. The summed E-state index contributed by atoms with van der Waals surface area (Å²) in [7, 11) is 1.59. The van der Waals surface area contributed by atoms with E-state index in [0.29, 0.717) is 29.0 Å². The summed E-state index contributed by atoms with van der Waals surface area (Å²) in [4.78, 5) is 23.9. The first-order valence-electron chi connectivity index (χ1n) is 9.31. The molecule has 3 aromatic rings. The summed E-state index contributed by atoms with van der Waals surface area (Å²) in [6, 6.07) is 11.0. The van der Waals surface area contributed by atoms with E-state index in [9.17, 15) is 9.59 Å². The fourth-order valence-corrected chi connectivity index (χ4v) is 3.67. The molecule has 0 fully saturated rings. The number of rotatable bonds is 10. The Hall–Kier alpha value is -3.27. The molecule has 30 heavy (non-hydrogen) atoms. The maximum Gasteiger partial charge on any atom is 0.233 e. The number of para-hydroxylation sites is 1. The molecule has 9 nitrogen and oxygen atoms in total. The first-order chi connectivity index (χ1) is 14.5. The van der Waals surface area contributed by atoms with E-state index in [1.165, 1.54) is 18.0 Å². The summed E-state index contributed by atoms with van der Waals surface area (Å²) in [5.74, 6) is 1.12. The lowest BCUT2D eigenvalue weighted by atomic mass is 10.2. The van der Waals surface area contributed by atoms with Gasteiger partial charge in [0.1, 0.15) is 5.75 Å². The Balaban J connectivity index is 1.69. The van der Waals surface area contributed by atoms with Crippen LogP contribution < -0.4 is 15.8 Å². The second-order valence-corrected chi connectivity index (χ2v) is 7.75. The molecule has 0 aliphatic carbocycles. The van der Waals surface area contributed by atoms with Crippen molar-refractivity contribution < 1.29 is 18.7 Å². The van der Waals surface area contributed by atoms with Gasteiger partial charge in [-0.15, -0.1) is 10.2 Å². The lowest BCUT2D eigenvalue weighted by molar-refractivity contribution is -0.120. The molecule has 1 unspecified atom stereocenters. The van der Waals surface area contributed by atoms with Crippen LogP contribution in [0.2, 0.25) is 0 Å². The van der Waals surface area contributed by atoms with Crippen LogP contribution in [0.3, 0.4) is 0 Å². The van der Waals surface area contributed by atoms with Gasteiger partial charge in [0.2, 0.25) is 11.8 Å². The molecule has 2 aromatic heterocycles. The van der Waals surface area contributed by atoms with E-state index in [0.717, 1.165) is 5.56 Å². The maximum absolute atomic E-state index is 12.6. The van der Waals surface area contributed by atoms with Gasteiger partial charge in [0.15, 0.2) is 16.7 Å². The van der Waals surface area contributed by atoms with Crippen molar-refractivity contribution in [1.82, 2.24) is 20.1 Å². The zero-order valence-electron chi connectivity index (χ0n) is 16.7. The number of nitrogens with one attached hydrogen (secondary N) is 1. The number of furan rings is 1. The average Bonchev–Trinajstić information content (AvgIpc) is 3.40. The molecular weight excluding hydrogens is 406 g/mol. The zero-order chi connectivity index (χ0) is 21.5. The van der Waals surface area contributed by atoms with Crippen LogP contribution in [0.5, 0.6) is 5.75 Å². The number of aromatic nitrogens is 3. The number of benzene rings is 1. The highest BCUT2D eigenvalue weighted by Crippen LogP contribution is 2.27. The molecule has 0 radical (unpaired) electrons. The van der Waals surface area contributed by atoms with Gasteiger partial charge in [-0.3, -0.25) is 14.2 Å². The highest BCUT2D eigenvalue weighted by molar-refractivity contribution is 8.00. The summed E-state index contributed by atoms with van der Waals surface area (Å²) < 4.78 is 12.4. The third-order valence-electron chi connectivity index (χ3n) is 4.34. The van der Waals surface area contributed by atoms with Gasteiger partial charge < -0.3 is 20.2 Å². The van der Waals surface area contributed by atoms with Gasteiger partial charge >= 0.3 is 0 Å². The van der Waals surface area contributed by atoms with Gasteiger partial charge in [-0.1, -0.05) is 30.0 Å². The first-order valence-corrected chi connectivity index (χ1v) is 10.2. The molecule has 2 heterocycles. The largest absolute Gasteiger partial charge is 0.496 e. The monoisotopic (exact) mass is 429 g/mol. The normalized spacial score (nSPS) is 11.8. The average molecular weight is 430 g/mol. The quantitative estimate of drug-likeness (QED) is 0.473. The van der Waals surface area contributed by atoms with Crippen molar-refractivity contribution in [2.24, 2.45) is 5.73 Å². The van der Waals surface area contributed by atoms with Crippen LogP contribution in [0.4, 0.5) is 0 Å². The molecule has 1 atom stereocenters. The number of hydrogen-bond donors (Lipinski definition) is 2. The van der Waals surface area contributed by atoms with E-state index in [4.69, 9.17) is 14.9 Å². The number of nitrogens with two attached hydrogens (primary N) is 1. The summed E-state index contributed by atoms with van der Waals surface area (Å²) in [6.07, 6.45) is 1.65. The van der Waals surface area contributed by atoms with Gasteiger partial charge in [0.05, 0.1) is 18.6 Å². The number of nitrogens with zero attached hydrogens (tertiary/aromatic N) is 3. The van der Waals surface area contributed by atoms with Crippen LogP contribution in [0.1, 0.15) is 18.9 Å². The third-order valence-corrected chi connectivity index (χ3v) is 5.42. The second kappa shape index (κ2) is 9.97. The van der Waals surface area contributed by atoms with Crippen molar-refractivity contribution in [2.45, 2.75) is 36.8 Å². The lowest BCUT2D eigenvalue weighted by Crippen LogP contribution is -2.30. The predicted molar refractivity (Wildman–Crippen MR) is 112 cm³/mol. The van der Waals surface area contributed by atoms with E-state index in [1.807, 2.05) is 24.3 Å². The van der Waals surface area contributed by atoms with E-state index in [2.05, 4.69) is 15.5 Å². The molecule has 0 spiro atoms. The molecular formula is C20H23N5O4S. The first kappa shape index (κ1) is 21.4. The van der Waals surface area contributed by atoms with Gasteiger partial charge in [-0.25, -0.2) is 0 Å². The SMILES string of the molecule is COc1ccccc1CNC(=O)C(C)Sc1nnc(-c2ccco2)n1CCC(N)=O. The van der Waals surface area contributed by atoms with Crippen LogP contribution in [0, 0.1) is 0 Å². The van der Waals surface area contributed by atoms with Crippen LogP contribution in [-0.4, -0.2) is 38.9 Å². The number of carbonyl (C=O) groups is 2. The number of methoxy groups -OCH3 is 1. The highest BCUT2D eigenvalue weighted by Gasteiger charge is 2.22. The van der Waals surface area contributed by atoms with Gasteiger partial charge in [-0.2, -0.15) is 0 Å². The molecule has 158 valence electrons. The molecule has 1 aromatic carbocycles. The molecule has 0 aliphatic rings. The minimum atomic E-state index is -0.444. The van der Waals surface area contributed by atoms with Crippen LogP contribution in [0.15, 0.2) is 52.2 Å². The molecule has 0 saturated heterocycles. The number of primary amides is 1. The summed E-state index contributed by atoms with van der Waals surface area (Å²) >= 11 is 1.25. The van der Waals surface area contributed by atoms with Crippen molar-refractivity contribution in [3.05, 3.63) is 48.2 Å². The fraction of sp³-hybridized carbons (Fsp3) is 0.300. The summed E-state index contributed by atoms with van der Waals surface area (Å²) in [5, 5.41) is 11.3. The smallest absolute Gasteiger partial charge is 0.233 e. The Bertz CT molecular complexity index is 1000. The maximum atomic E-state index is 12.6. The van der Waals surface area contributed by atoms with Crippen LogP contribution in [0.25, 0.3) is 11.6 Å². The van der Waals surface area contributed by atoms with Crippen molar-refractivity contribution >= 4 is 23.6 Å². The van der Waals surface area contributed by atoms with E-state index >= 15 is 0 Å². The molecule has 3 N–H and O–H groups in total.